The van der Waals surface area contributed by atoms with E-state index in [4.69, 9.17) is 4.74 Å². The summed E-state index contributed by atoms with van der Waals surface area (Å²) in [5.74, 6) is 1.26. The summed E-state index contributed by atoms with van der Waals surface area (Å²) in [6, 6.07) is 0. The third-order valence-corrected chi connectivity index (χ3v) is 4.67. The number of ether oxygens (including phenoxy) is 1. The zero-order valence-corrected chi connectivity index (χ0v) is 14.2. The van der Waals surface area contributed by atoms with E-state index in [0.717, 1.165) is 38.6 Å². The Morgan fingerprint density at radius 1 is 1.27 bits per heavy atom. The number of carbonyl (C=O) groups excluding carboxylic acids is 1. The topological polar surface area (TPSA) is 69.9 Å². The summed E-state index contributed by atoms with van der Waals surface area (Å²) < 4.78 is 7.13. The Labute approximate surface area is 132 Å². The first-order valence-corrected chi connectivity index (χ1v) is 8.33. The fourth-order valence-corrected chi connectivity index (χ4v) is 3.16. The molecule has 0 radical (unpaired) electrons. The zero-order valence-electron chi connectivity index (χ0n) is 14.2. The Hall–Kier alpha value is -1.46. The van der Waals surface area contributed by atoms with Gasteiger partial charge in [-0.15, -0.1) is 5.10 Å². The van der Waals surface area contributed by atoms with Gasteiger partial charge in [-0.25, -0.2) is 4.68 Å². The van der Waals surface area contributed by atoms with E-state index in [2.05, 4.69) is 43.2 Å². The number of esters is 1. The van der Waals surface area contributed by atoms with Crippen molar-refractivity contribution in [1.82, 2.24) is 20.2 Å². The smallest absolute Gasteiger partial charge is 0.309 e. The largest absolute Gasteiger partial charge is 0.457 e. The van der Waals surface area contributed by atoms with Crippen LogP contribution in [0.5, 0.6) is 0 Å². The first kappa shape index (κ1) is 16.9. The lowest BCUT2D eigenvalue weighted by atomic mass is 9.70. The van der Waals surface area contributed by atoms with Crippen LogP contribution in [-0.2, 0) is 22.7 Å². The predicted molar refractivity (Wildman–Crippen MR) is 82.8 cm³/mol. The Bertz CT molecular complexity index is 485. The molecule has 0 unspecified atom stereocenters. The minimum atomic E-state index is -0.0987. The molecule has 1 aliphatic rings. The third-order valence-electron chi connectivity index (χ3n) is 4.67. The van der Waals surface area contributed by atoms with Crippen LogP contribution in [0.1, 0.15) is 65.6 Å². The molecule has 1 saturated carbocycles. The van der Waals surface area contributed by atoms with E-state index < -0.39 is 0 Å². The minimum Gasteiger partial charge on any atom is -0.457 e. The molecule has 1 heterocycles. The van der Waals surface area contributed by atoms with Gasteiger partial charge >= 0.3 is 5.97 Å². The second-order valence-electron chi connectivity index (χ2n) is 7.34. The van der Waals surface area contributed by atoms with Gasteiger partial charge < -0.3 is 4.74 Å². The molecule has 22 heavy (non-hydrogen) atoms. The average molecular weight is 308 g/mol. The number of nitrogens with zero attached hydrogens (tertiary/aromatic N) is 4. The lowest BCUT2D eigenvalue weighted by Crippen LogP contribution is -2.29. The van der Waals surface area contributed by atoms with Crippen molar-refractivity contribution in [2.45, 2.75) is 73.0 Å². The van der Waals surface area contributed by atoms with E-state index in [-0.39, 0.29) is 18.5 Å². The molecule has 0 bridgehead atoms. The molecule has 1 aromatic heterocycles. The lowest BCUT2D eigenvalue weighted by molar-refractivity contribution is -0.152. The molecule has 1 aliphatic carbocycles. The summed E-state index contributed by atoms with van der Waals surface area (Å²) >= 11 is 0. The molecule has 0 aliphatic heterocycles. The van der Waals surface area contributed by atoms with Gasteiger partial charge in [0.05, 0.1) is 5.92 Å². The Kier molecular flexibility index (Phi) is 5.53. The maximum atomic E-state index is 12.2. The van der Waals surface area contributed by atoms with Crippen molar-refractivity contribution in [3.63, 3.8) is 0 Å². The first-order valence-electron chi connectivity index (χ1n) is 8.33. The Morgan fingerprint density at radius 2 is 1.95 bits per heavy atom. The third kappa shape index (κ3) is 4.27. The van der Waals surface area contributed by atoms with E-state index in [1.54, 1.807) is 4.68 Å². The van der Waals surface area contributed by atoms with Gasteiger partial charge in [-0.1, -0.05) is 27.7 Å². The van der Waals surface area contributed by atoms with Crippen LogP contribution in [0.4, 0.5) is 0 Å². The van der Waals surface area contributed by atoms with E-state index in [0.29, 0.717) is 17.2 Å². The Balaban J connectivity index is 1.80. The number of tetrazole rings is 1. The van der Waals surface area contributed by atoms with Crippen LogP contribution in [0.25, 0.3) is 0 Å². The molecule has 1 fully saturated rings. The molecule has 0 amide bonds. The highest BCUT2D eigenvalue weighted by atomic mass is 16.5. The van der Waals surface area contributed by atoms with Crippen LogP contribution in [0.3, 0.4) is 0 Å². The molecule has 0 spiro atoms. The normalized spacial score (nSPS) is 22.5. The number of hydrogen-bond donors (Lipinski definition) is 0. The van der Waals surface area contributed by atoms with Crippen molar-refractivity contribution < 1.29 is 9.53 Å². The lowest BCUT2D eigenvalue weighted by Gasteiger charge is -2.36. The molecule has 6 nitrogen and oxygen atoms in total. The van der Waals surface area contributed by atoms with Crippen LogP contribution in [0, 0.1) is 17.3 Å². The highest BCUT2D eigenvalue weighted by molar-refractivity contribution is 5.72. The van der Waals surface area contributed by atoms with Gasteiger partial charge in [-0.2, -0.15) is 0 Å². The maximum absolute atomic E-state index is 12.2. The quantitative estimate of drug-likeness (QED) is 0.782. The second-order valence-corrected chi connectivity index (χ2v) is 7.34. The summed E-state index contributed by atoms with van der Waals surface area (Å²) in [6.45, 7) is 9.82. The zero-order chi connectivity index (χ0) is 16.2. The van der Waals surface area contributed by atoms with Crippen molar-refractivity contribution in [1.29, 1.82) is 0 Å². The average Bonchev–Trinajstić information content (AvgIpc) is 2.92. The van der Waals surface area contributed by atoms with E-state index in [1.807, 2.05) is 0 Å². The van der Waals surface area contributed by atoms with Crippen molar-refractivity contribution in [2.75, 3.05) is 0 Å². The SMILES string of the molecule is CCCn1nnnc1COC(=O)C1CCC(C(C)(C)C)CC1. The molecule has 0 atom stereocenters. The highest BCUT2D eigenvalue weighted by Crippen LogP contribution is 2.40. The molecule has 0 N–H and O–H groups in total. The Morgan fingerprint density at radius 3 is 2.55 bits per heavy atom. The number of rotatable bonds is 5. The van der Waals surface area contributed by atoms with Gasteiger partial charge in [0.2, 0.25) is 0 Å². The molecular weight excluding hydrogens is 280 g/mol. The first-order chi connectivity index (χ1) is 10.4. The molecule has 0 saturated heterocycles. The molecule has 124 valence electrons. The van der Waals surface area contributed by atoms with E-state index in [1.165, 1.54) is 0 Å². The summed E-state index contributed by atoms with van der Waals surface area (Å²) in [6.07, 6.45) is 5.03. The minimum absolute atomic E-state index is 0.0362. The van der Waals surface area contributed by atoms with Gasteiger partial charge in [0.25, 0.3) is 0 Å². The number of aryl methyl sites for hydroxylation is 1. The monoisotopic (exact) mass is 308 g/mol. The number of hydrogen-bond acceptors (Lipinski definition) is 5. The summed E-state index contributed by atoms with van der Waals surface area (Å²) in [5, 5.41) is 11.5. The fourth-order valence-electron chi connectivity index (χ4n) is 3.16. The molecule has 2 rings (SSSR count). The fraction of sp³-hybridized carbons (Fsp3) is 0.875. The number of aromatic nitrogens is 4. The second kappa shape index (κ2) is 7.20. The predicted octanol–water partition coefficient (Wildman–Crippen LogP) is 2.98. The van der Waals surface area contributed by atoms with Crippen molar-refractivity contribution in [3.05, 3.63) is 5.82 Å². The van der Waals surface area contributed by atoms with Crippen LogP contribution >= 0.6 is 0 Å². The van der Waals surface area contributed by atoms with Crippen LogP contribution in [-0.4, -0.2) is 26.2 Å². The van der Waals surface area contributed by atoms with Crippen molar-refractivity contribution >= 4 is 5.97 Å². The highest BCUT2D eigenvalue weighted by Gasteiger charge is 2.33. The van der Waals surface area contributed by atoms with Gasteiger partial charge in [-0.3, -0.25) is 4.79 Å². The van der Waals surface area contributed by atoms with Gasteiger partial charge in [0.1, 0.15) is 0 Å². The van der Waals surface area contributed by atoms with Crippen molar-refractivity contribution in [3.8, 4) is 0 Å². The van der Waals surface area contributed by atoms with Gasteiger partial charge in [0.15, 0.2) is 12.4 Å². The number of carbonyl (C=O) groups is 1. The van der Waals surface area contributed by atoms with Gasteiger partial charge in [0, 0.05) is 6.54 Å². The molecule has 6 heteroatoms. The van der Waals surface area contributed by atoms with Crippen LogP contribution in [0.2, 0.25) is 0 Å². The molecule has 0 aromatic carbocycles. The van der Waals surface area contributed by atoms with Gasteiger partial charge in [-0.05, 0) is 53.9 Å². The van der Waals surface area contributed by atoms with E-state index >= 15 is 0 Å². The van der Waals surface area contributed by atoms with E-state index in [9.17, 15) is 4.79 Å². The standard InChI is InChI=1S/C16H28N4O2/c1-5-10-20-14(17-18-19-20)11-22-15(21)12-6-8-13(9-7-12)16(2,3)4/h12-13H,5-11H2,1-4H3. The van der Waals surface area contributed by atoms with Crippen LogP contribution < -0.4 is 0 Å². The molecule has 1 aromatic rings. The summed E-state index contributed by atoms with van der Waals surface area (Å²) in [5.41, 5.74) is 0.330. The summed E-state index contributed by atoms with van der Waals surface area (Å²) in [7, 11) is 0. The maximum Gasteiger partial charge on any atom is 0.309 e. The van der Waals surface area contributed by atoms with Crippen LogP contribution in [0.15, 0.2) is 0 Å². The van der Waals surface area contributed by atoms with Crippen molar-refractivity contribution in [2.24, 2.45) is 17.3 Å². The summed E-state index contributed by atoms with van der Waals surface area (Å²) in [4.78, 5) is 12.2. The molecular formula is C16H28N4O2.